The van der Waals surface area contributed by atoms with Crippen molar-refractivity contribution in [2.75, 3.05) is 27.2 Å². The molecule has 0 aromatic heterocycles. The Labute approximate surface area is 116 Å². The van der Waals surface area contributed by atoms with E-state index in [1.165, 1.54) is 31.2 Å². The maximum atomic E-state index is 5.98. The van der Waals surface area contributed by atoms with Crippen molar-refractivity contribution in [2.45, 2.75) is 32.2 Å². The molecule has 0 radical (unpaired) electrons. The molecule has 1 aromatic rings. The minimum Gasteiger partial charge on any atom is -0.320 e. The van der Waals surface area contributed by atoms with Crippen molar-refractivity contribution in [3.8, 4) is 0 Å². The van der Waals surface area contributed by atoms with Gasteiger partial charge in [0, 0.05) is 11.6 Å². The van der Waals surface area contributed by atoms with E-state index in [9.17, 15) is 0 Å². The molecule has 0 saturated heterocycles. The molecule has 102 valence electrons. The lowest BCUT2D eigenvalue weighted by Gasteiger charge is -2.16. The van der Waals surface area contributed by atoms with E-state index in [-0.39, 0.29) is 0 Å². The van der Waals surface area contributed by atoms with Gasteiger partial charge in [0.2, 0.25) is 0 Å². The summed E-state index contributed by atoms with van der Waals surface area (Å²) in [5, 5.41) is 4.01. The maximum absolute atomic E-state index is 5.98. The zero-order valence-electron chi connectivity index (χ0n) is 11.6. The minimum atomic E-state index is 0.827. The van der Waals surface area contributed by atoms with Crippen molar-refractivity contribution in [3.05, 3.63) is 34.9 Å². The van der Waals surface area contributed by atoms with Crippen LogP contribution in [0, 0.1) is 0 Å². The molecular weight excluding hydrogens is 244 g/mol. The molecule has 18 heavy (non-hydrogen) atoms. The zero-order valence-corrected chi connectivity index (χ0v) is 12.3. The van der Waals surface area contributed by atoms with Crippen LogP contribution in [0.15, 0.2) is 24.3 Å². The molecular formula is C15H25ClN2. The van der Waals surface area contributed by atoms with Gasteiger partial charge in [-0.15, -0.1) is 0 Å². The van der Waals surface area contributed by atoms with Gasteiger partial charge in [-0.2, -0.15) is 0 Å². The van der Waals surface area contributed by atoms with Crippen LogP contribution in [0.3, 0.4) is 0 Å². The zero-order chi connectivity index (χ0) is 13.2. The van der Waals surface area contributed by atoms with Gasteiger partial charge in [-0.1, -0.05) is 36.6 Å². The third-order valence-corrected chi connectivity index (χ3v) is 3.29. The average molecular weight is 269 g/mol. The first kappa shape index (κ1) is 15.5. The Balaban J connectivity index is 2.12. The number of unbranched alkanes of at least 4 members (excludes halogenated alkanes) is 3. The van der Waals surface area contributed by atoms with Gasteiger partial charge in [-0.25, -0.2) is 0 Å². The van der Waals surface area contributed by atoms with Crippen LogP contribution in [0.5, 0.6) is 0 Å². The molecule has 0 heterocycles. The average Bonchev–Trinajstić information content (AvgIpc) is 2.33. The first-order chi connectivity index (χ1) is 8.72. The highest BCUT2D eigenvalue weighted by Gasteiger charge is 2.00. The van der Waals surface area contributed by atoms with Gasteiger partial charge < -0.3 is 10.2 Å². The fraction of sp³-hybridized carbons (Fsp3) is 0.600. The Morgan fingerprint density at radius 1 is 1.17 bits per heavy atom. The minimum absolute atomic E-state index is 0.827. The van der Waals surface area contributed by atoms with E-state index in [0.29, 0.717) is 0 Å². The van der Waals surface area contributed by atoms with Crippen LogP contribution in [0.4, 0.5) is 0 Å². The fourth-order valence-corrected chi connectivity index (χ4v) is 2.28. The van der Waals surface area contributed by atoms with Gasteiger partial charge in [0.1, 0.15) is 0 Å². The summed E-state index contributed by atoms with van der Waals surface area (Å²) in [5.74, 6) is 0. The summed E-state index contributed by atoms with van der Waals surface area (Å²) in [4.78, 5) is 2.36. The highest BCUT2D eigenvalue weighted by atomic mass is 35.5. The molecule has 1 rings (SSSR count). The number of nitrogens with zero attached hydrogens (tertiary/aromatic N) is 1. The molecule has 0 amide bonds. The van der Waals surface area contributed by atoms with Gasteiger partial charge in [0.15, 0.2) is 0 Å². The lowest BCUT2D eigenvalue weighted by atomic mass is 10.1. The second-order valence-electron chi connectivity index (χ2n) is 4.89. The summed E-state index contributed by atoms with van der Waals surface area (Å²) in [6.45, 7) is 3.28. The van der Waals surface area contributed by atoms with Gasteiger partial charge in [-0.3, -0.25) is 0 Å². The molecule has 3 heteroatoms. The first-order valence-corrected chi connectivity index (χ1v) is 7.18. The summed E-state index contributed by atoms with van der Waals surface area (Å²) >= 11 is 5.98. The highest BCUT2D eigenvalue weighted by Crippen LogP contribution is 2.12. The lowest BCUT2D eigenvalue weighted by Crippen LogP contribution is -2.19. The predicted octanol–water partition coefficient (Wildman–Crippen LogP) is 3.55. The normalized spacial score (nSPS) is 11.1. The molecule has 2 nitrogen and oxygen atoms in total. The summed E-state index contributed by atoms with van der Waals surface area (Å²) < 4.78 is 0. The maximum Gasteiger partial charge on any atom is 0.0409 e. The second kappa shape index (κ2) is 9.37. The quantitative estimate of drug-likeness (QED) is 0.689. The van der Waals surface area contributed by atoms with Crippen LogP contribution in [0.2, 0.25) is 5.02 Å². The van der Waals surface area contributed by atoms with Gasteiger partial charge in [0.25, 0.3) is 0 Å². The summed E-state index contributed by atoms with van der Waals surface area (Å²) in [6, 6.07) is 8.12. The molecule has 0 unspecified atom stereocenters. The fourth-order valence-electron chi connectivity index (χ4n) is 2.06. The molecule has 1 aromatic carbocycles. The van der Waals surface area contributed by atoms with Crippen molar-refractivity contribution in [1.82, 2.24) is 10.2 Å². The van der Waals surface area contributed by atoms with E-state index in [1.54, 1.807) is 0 Å². The Bertz CT molecular complexity index is 328. The Morgan fingerprint density at radius 3 is 2.67 bits per heavy atom. The molecule has 0 saturated carbocycles. The van der Waals surface area contributed by atoms with Crippen molar-refractivity contribution >= 4 is 11.6 Å². The molecule has 0 fully saturated rings. The molecule has 0 aliphatic carbocycles. The van der Waals surface area contributed by atoms with Crippen LogP contribution in [0.1, 0.15) is 31.2 Å². The number of benzene rings is 1. The first-order valence-electron chi connectivity index (χ1n) is 6.80. The van der Waals surface area contributed by atoms with Crippen molar-refractivity contribution in [1.29, 1.82) is 0 Å². The van der Waals surface area contributed by atoms with E-state index in [0.717, 1.165) is 24.7 Å². The number of hydrogen-bond donors (Lipinski definition) is 1. The summed E-state index contributed by atoms with van der Waals surface area (Å²) in [5.41, 5.74) is 1.29. The van der Waals surface area contributed by atoms with Gasteiger partial charge >= 0.3 is 0 Å². The van der Waals surface area contributed by atoms with Crippen LogP contribution in [-0.2, 0) is 6.54 Å². The van der Waals surface area contributed by atoms with Crippen LogP contribution >= 0.6 is 11.6 Å². The van der Waals surface area contributed by atoms with Gasteiger partial charge in [0.05, 0.1) is 0 Å². The van der Waals surface area contributed by atoms with Crippen LogP contribution in [-0.4, -0.2) is 32.1 Å². The third-order valence-electron chi connectivity index (χ3n) is 3.06. The number of rotatable bonds is 9. The second-order valence-corrected chi connectivity index (χ2v) is 5.32. The Hall–Kier alpha value is -0.570. The lowest BCUT2D eigenvalue weighted by molar-refractivity contribution is 0.316. The molecule has 1 N–H and O–H groups in total. The van der Waals surface area contributed by atoms with E-state index in [1.807, 2.05) is 25.2 Å². The largest absolute Gasteiger partial charge is 0.320 e. The van der Waals surface area contributed by atoms with Crippen molar-refractivity contribution < 1.29 is 0 Å². The third kappa shape index (κ3) is 7.00. The smallest absolute Gasteiger partial charge is 0.0409 e. The molecule has 0 aliphatic rings. The number of halogens is 1. The molecule has 0 spiro atoms. The Morgan fingerprint density at radius 2 is 1.94 bits per heavy atom. The Kier molecular flexibility index (Phi) is 8.06. The summed E-state index contributed by atoms with van der Waals surface area (Å²) in [6.07, 6.45) is 5.21. The van der Waals surface area contributed by atoms with Crippen molar-refractivity contribution in [3.63, 3.8) is 0 Å². The number of hydrogen-bond acceptors (Lipinski definition) is 2. The predicted molar refractivity (Wildman–Crippen MR) is 80.2 cm³/mol. The van der Waals surface area contributed by atoms with E-state index < -0.39 is 0 Å². The topological polar surface area (TPSA) is 15.3 Å². The van der Waals surface area contributed by atoms with E-state index in [2.05, 4.69) is 23.3 Å². The standard InChI is InChI=1S/C15H25ClN2/c1-17-10-5-3-4-6-11-18(2)13-14-8-7-9-15(16)12-14/h7-9,12,17H,3-6,10-11,13H2,1-2H3. The molecule has 0 atom stereocenters. The number of nitrogens with one attached hydrogen (secondary N) is 1. The highest BCUT2D eigenvalue weighted by molar-refractivity contribution is 6.30. The van der Waals surface area contributed by atoms with Crippen LogP contribution in [0.25, 0.3) is 0 Å². The van der Waals surface area contributed by atoms with E-state index in [4.69, 9.17) is 11.6 Å². The van der Waals surface area contributed by atoms with E-state index >= 15 is 0 Å². The van der Waals surface area contributed by atoms with Gasteiger partial charge in [-0.05, 0) is 57.7 Å². The molecule has 0 bridgehead atoms. The SMILES string of the molecule is CNCCCCCCN(C)Cc1cccc(Cl)c1. The van der Waals surface area contributed by atoms with Crippen LogP contribution < -0.4 is 5.32 Å². The monoisotopic (exact) mass is 268 g/mol. The summed E-state index contributed by atoms with van der Waals surface area (Å²) in [7, 11) is 4.19. The van der Waals surface area contributed by atoms with Crippen molar-refractivity contribution in [2.24, 2.45) is 0 Å². The molecule has 0 aliphatic heterocycles.